The smallest absolute Gasteiger partial charge is 0.166 e. The van der Waals surface area contributed by atoms with Gasteiger partial charge in [0.15, 0.2) is 11.5 Å². The molecule has 0 aliphatic carbocycles. The molecule has 0 fully saturated rings. The van der Waals surface area contributed by atoms with E-state index < -0.39 is 0 Å². The van der Waals surface area contributed by atoms with Crippen molar-refractivity contribution in [1.29, 1.82) is 0 Å². The van der Waals surface area contributed by atoms with Crippen LogP contribution in [-0.4, -0.2) is 13.7 Å². The molecule has 3 aromatic carbocycles. The van der Waals surface area contributed by atoms with Crippen LogP contribution in [0.4, 0.5) is 4.39 Å². The van der Waals surface area contributed by atoms with Gasteiger partial charge in [-0.1, -0.05) is 58.4 Å². The summed E-state index contributed by atoms with van der Waals surface area (Å²) in [6.45, 7) is 1.89. The molecule has 3 aromatic rings. The Kier molecular flexibility index (Phi) is 9.45. The molecule has 0 aliphatic rings. The zero-order valence-electron chi connectivity index (χ0n) is 16.2. The van der Waals surface area contributed by atoms with Gasteiger partial charge in [-0.3, -0.25) is 0 Å². The minimum absolute atomic E-state index is 0. The maximum Gasteiger partial charge on any atom is 0.166 e. The largest absolute Gasteiger partial charge is 0.493 e. The highest BCUT2D eigenvalue weighted by molar-refractivity contribution is 9.10. The number of ether oxygens (including phenoxy) is 2. The molecular weight excluding hydrogens is 457 g/mol. The van der Waals surface area contributed by atoms with Crippen LogP contribution in [0.25, 0.3) is 0 Å². The molecule has 0 amide bonds. The molecule has 154 valence electrons. The molecule has 0 saturated carbocycles. The van der Waals surface area contributed by atoms with Crippen LogP contribution in [0, 0.1) is 5.82 Å². The first-order valence-electron chi connectivity index (χ1n) is 9.14. The third kappa shape index (κ3) is 7.03. The Morgan fingerprint density at radius 2 is 1.69 bits per heavy atom. The predicted octanol–water partition coefficient (Wildman–Crippen LogP) is 5.93. The van der Waals surface area contributed by atoms with Gasteiger partial charge < -0.3 is 14.8 Å². The van der Waals surface area contributed by atoms with Crippen molar-refractivity contribution >= 4 is 28.3 Å². The maximum atomic E-state index is 13.0. The van der Waals surface area contributed by atoms with Crippen molar-refractivity contribution in [1.82, 2.24) is 5.32 Å². The van der Waals surface area contributed by atoms with E-state index in [1.807, 2.05) is 54.6 Å². The number of hydrogen-bond donors (Lipinski definition) is 1. The first kappa shape index (κ1) is 23.2. The van der Waals surface area contributed by atoms with Crippen LogP contribution >= 0.6 is 28.3 Å². The first-order chi connectivity index (χ1) is 13.7. The summed E-state index contributed by atoms with van der Waals surface area (Å²) in [6, 6.07) is 20.6. The molecule has 29 heavy (non-hydrogen) atoms. The molecule has 0 radical (unpaired) electrons. The average molecular weight is 481 g/mol. The van der Waals surface area contributed by atoms with Crippen LogP contribution in [0.2, 0.25) is 0 Å². The number of methoxy groups -OCH3 is 1. The van der Waals surface area contributed by atoms with Crippen molar-refractivity contribution in [2.24, 2.45) is 0 Å². The van der Waals surface area contributed by atoms with E-state index >= 15 is 0 Å². The highest BCUT2D eigenvalue weighted by Gasteiger charge is 2.13. The molecular formula is C23H24BrClFNO2. The zero-order valence-corrected chi connectivity index (χ0v) is 18.6. The van der Waals surface area contributed by atoms with Crippen LogP contribution in [0.15, 0.2) is 71.2 Å². The molecule has 0 atom stereocenters. The van der Waals surface area contributed by atoms with Crippen LogP contribution in [0.3, 0.4) is 0 Å². The topological polar surface area (TPSA) is 30.5 Å². The molecule has 3 nitrogen and oxygen atoms in total. The summed E-state index contributed by atoms with van der Waals surface area (Å²) in [5.41, 5.74) is 3.21. The third-order valence-electron chi connectivity index (χ3n) is 4.36. The number of rotatable bonds is 9. The molecule has 0 heterocycles. The SMILES string of the molecule is COc1cc(Br)cc(CNCCc2ccc(F)cc2)c1OCc1ccccc1.Cl. The molecule has 0 unspecified atom stereocenters. The Bertz CT molecular complexity index is 891. The lowest BCUT2D eigenvalue weighted by Gasteiger charge is -2.16. The van der Waals surface area contributed by atoms with Gasteiger partial charge >= 0.3 is 0 Å². The van der Waals surface area contributed by atoms with Crippen molar-refractivity contribution in [2.45, 2.75) is 19.6 Å². The van der Waals surface area contributed by atoms with Crippen molar-refractivity contribution in [3.63, 3.8) is 0 Å². The van der Waals surface area contributed by atoms with E-state index in [4.69, 9.17) is 9.47 Å². The van der Waals surface area contributed by atoms with Gasteiger partial charge in [-0.05, 0) is 48.4 Å². The molecule has 0 aliphatic heterocycles. The average Bonchev–Trinajstić information content (AvgIpc) is 2.72. The molecule has 0 spiro atoms. The van der Waals surface area contributed by atoms with E-state index in [9.17, 15) is 4.39 Å². The highest BCUT2D eigenvalue weighted by atomic mass is 79.9. The van der Waals surface area contributed by atoms with Crippen LogP contribution < -0.4 is 14.8 Å². The minimum atomic E-state index is -0.210. The van der Waals surface area contributed by atoms with E-state index in [1.165, 1.54) is 12.1 Å². The fourth-order valence-electron chi connectivity index (χ4n) is 2.91. The number of nitrogens with one attached hydrogen (secondary N) is 1. The number of halogens is 3. The second-order valence-corrected chi connectivity index (χ2v) is 7.34. The fourth-order valence-corrected chi connectivity index (χ4v) is 3.39. The van der Waals surface area contributed by atoms with Crippen molar-refractivity contribution in [2.75, 3.05) is 13.7 Å². The lowest BCUT2D eigenvalue weighted by molar-refractivity contribution is 0.280. The predicted molar refractivity (Wildman–Crippen MR) is 121 cm³/mol. The van der Waals surface area contributed by atoms with Gasteiger partial charge in [0.1, 0.15) is 12.4 Å². The van der Waals surface area contributed by atoms with Gasteiger partial charge in [-0.2, -0.15) is 0 Å². The lowest BCUT2D eigenvalue weighted by atomic mass is 10.1. The molecule has 1 N–H and O–H groups in total. The number of benzene rings is 3. The van der Waals surface area contributed by atoms with Crippen LogP contribution in [0.1, 0.15) is 16.7 Å². The standard InChI is InChI=1S/C23H23BrFNO2.ClH/c1-27-22-14-20(24)13-19(23(22)28-16-18-5-3-2-4-6-18)15-26-12-11-17-7-9-21(25)10-8-17;/h2-10,13-14,26H,11-12,15-16H2,1H3;1H. The second kappa shape index (κ2) is 11.8. The van der Waals surface area contributed by atoms with Gasteiger partial charge in [-0.25, -0.2) is 4.39 Å². The van der Waals surface area contributed by atoms with Crippen molar-refractivity contribution in [3.05, 3.63) is 93.7 Å². The van der Waals surface area contributed by atoms with Crippen LogP contribution in [-0.2, 0) is 19.6 Å². The van der Waals surface area contributed by atoms with Gasteiger partial charge in [0.2, 0.25) is 0 Å². The second-order valence-electron chi connectivity index (χ2n) is 6.42. The van der Waals surface area contributed by atoms with Gasteiger partial charge in [-0.15, -0.1) is 12.4 Å². The summed E-state index contributed by atoms with van der Waals surface area (Å²) in [7, 11) is 1.64. The van der Waals surface area contributed by atoms with E-state index in [1.54, 1.807) is 7.11 Å². The van der Waals surface area contributed by atoms with E-state index in [0.717, 1.165) is 39.9 Å². The van der Waals surface area contributed by atoms with Crippen LogP contribution in [0.5, 0.6) is 11.5 Å². The van der Waals surface area contributed by atoms with Crippen molar-refractivity contribution in [3.8, 4) is 11.5 Å². The summed E-state index contributed by atoms with van der Waals surface area (Å²) in [4.78, 5) is 0. The molecule has 0 bridgehead atoms. The Labute approximate surface area is 185 Å². The normalized spacial score (nSPS) is 10.3. The summed E-state index contributed by atoms with van der Waals surface area (Å²) in [5.74, 6) is 1.22. The third-order valence-corrected chi connectivity index (χ3v) is 4.82. The van der Waals surface area contributed by atoms with E-state index in [-0.39, 0.29) is 18.2 Å². The summed E-state index contributed by atoms with van der Waals surface area (Å²) < 4.78 is 25.6. The monoisotopic (exact) mass is 479 g/mol. The molecule has 0 saturated heterocycles. The lowest BCUT2D eigenvalue weighted by Crippen LogP contribution is -2.17. The first-order valence-corrected chi connectivity index (χ1v) is 9.93. The van der Waals surface area contributed by atoms with E-state index in [0.29, 0.717) is 18.9 Å². The van der Waals surface area contributed by atoms with Crippen molar-refractivity contribution < 1.29 is 13.9 Å². The quantitative estimate of drug-likeness (QED) is 0.385. The fraction of sp³-hybridized carbons (Fsp3) is 0.217. The number of hydrogen-bond acceptors (Lipinski definition) is 3. The Hall–Kier alpha value is -2.08. The van der Waals surface area contributed by atoms with Gasteiger partial charge in [0, 0.05) is 16.6 Å². The van der Waals surface area contributed by atoms with Gasteiger partial charge in [0.05, 0.1) is 7.11 Å². The molecule has 0 aromatic heterocycles. The Morgan fingerprint density at radius 3 is 2.38 bits per heavy atom. The molecule has 6 heteroatoms. The Balaban J connectivity index is 0.00000300. The van der Waals surface area contributed by atoms with Gasteiger partial charge in [0.25, 0.3) is 0 Å². The highest BCUT2D eigenvalue weighted by Crippen LogP contribution is 2.35. The maximum absolute atomic E-state index is 13.0. The minimum Gasteiger partial charge on any atom is -0.493 e. The zero-order chi connectivity index (χ0) is 19.8. The summed E-state index contributed by atoms with van der Waals surface area (Å²) in [5, 5.41) is 3.43. The Morgan fingerprint density at radius 1 is 0.966 bits per heavy atom. The molecule has 3 rings (SSSR count). The van der Waals surface area contributed by atoms with E-state index in [2.05, 4.69) is 21.2 Å². The summed E-state index contributed by atoms with van der Waals surface area (Å²) in [6.07, 6.45) is 0.825. The summed E-state index contributed by atoms with van der Waals surface area (Å²) >= 11 is 3.54.